The van der Waals surface area contributed by atoms with Crippen LogP contribution in [0, 0.1) is 0 Å². The second kappa shape index (κ2) is 6.45. The van der Waals surface area contributed by atoms with Gasteiger partial charge in [0.1, 0.15) is 10.6 Å². The highest BCUT2D eigenvalue weighted by molar-refractivity contribution is 7.92. The maximum absolute atomic E-state index is 12.6. The molecule has 0 fully saturated rings. The molecule has 0 aliphatic rings. The summed E-state index contributed by atoms with van der Waals surface area (Å²) in [4.78, 5) is 13.2. The van der Waals surface area contributed by atoms with Crippen LogP contribution in [0.5, 0.6) is 5.75 Å². The first-order valence-electron chi connectivity index (χ1n) is 6.74. The number of nitrogens with one attached hydrogen (secondary N) is 2. The van der Waals surface area contributed by atoms with Crippen LogP contribution in [0.15, 0.2) is 50.5 Å². The van der Waals surface area contributed by atoms with Gasteiger partial charge in [-0.2, -0.15) is 0 Å². The summed E-state index contributed by atoms with van der Waals surface area (Å²) in [6.07, 6.45) is 0. The molecule has 2 aromatic carbocycles. The highest BCUT2D eigenvalue weighted by Gasteiger charge is 2.27. The summed E-state index contributed by atoms with van der Waals surface area (Å²) >= 11 is 10.6. The first-order chi connectivity index (χ1) is 12.0. The number of benzene rings is 2. The number of fused-ring (bicyclic) bond motifs is 1. The Morgan fingerprint density at radius 1 is 1.19 bits per heavy atom. The second-order valence-electron chi connectivity index (χ2n) is 4.97. The van der Waals surface area contributed by atoms with Gasteiger partial charge in [-0.25, -0.2) is 13.2 Å². The highest BCUT2D eigenvalue weighted by atomic mass is 35.5. The van der Waals surface area contributed by atoms with E-state index in [9.17, 15) is 22.0 Å². The van der Waals surface area contributed by atoms with E-state index >= 15 is 0 Å². The van der Waals surface area contributed by atoms with Crippen molar-refractivity contribution in [1.82, 2.24) is 4.98 Å². The standard InChI is InChI=1S/C14H8Cl2F2N2O5S/c15-9-5-10-11(24-13(21)19-10)6-12(9)26(22,23)20-7-1-3-8(4-2-7)25-14(16,17)18/h1-6,20H,(H,19,21). The van der Waals surface area contributed by atoms with E-state index < -0.39 is 21.3 Å². The van der Waals surface area contributed by atoms with E-state index in [2.05, 4.69) is 26.0 Å². The Morgan fingerprint density at radius 2 is 1.85 bits per heavy atom. The number of ether oxygens (including phenoxy) is 1. The van der Waals surface area contributed by atoms with Crippen LogP contribution >= 0.6 is 23.2 Å². The fourth-order valence-corrected chi connectivity index (χ4v) is 3.78. The van der Waals surface area contributed by atoms with E-state index in [0.29, 0.717) is 0 Å². The minimum absolute atomic E-state index is 0.00728. The molecule has 0 atom stereocenters. The molecule has 1 aromatic heterocycles. The van der Waals surface area contributed by atoms with Gasteiger partial charge in [-0.1, -0.05) is 11.6 Å². The number of aromatic amines is 1. The Morgan fingerprint density at radius 3 is 2.46 bits per heavy atom. The molecule has 3 aromatic rings. The molecular weight excluding hydrogens is 417 g/mol. The van der Waals surface area contributed by atoms with Gasteiger partial charge in [0.25, 0.3) is 10.0 Å². The zero-order chi connectivity index (χ0) is 19.1. The molecular formula is C14H8Cl2F2N2O5S. The number of anilines is 1. The lowest BCUT2D eigenvalue weighted by Gasteiger charge is -2.12. The summed E-state index contributed by atoms with van der Waals surface area (Å²) in [5, 5.41) is -0.149. The second-order valence-corrected chi connectivity index (χ2v) is 7.47. The average Bonchev–Trinajstić information content (AvgIpc) is 2.85. The molecule has 138 valence electrons. The third kappa shape index (κ3) is 4.09. The molecule has 7 nitrogen and oxygen atoms in total. The third-order valence-corrected chi connectivity index (χ3v) is 5.03. The van der Waals surface area contributed by atoms with Gasteiger partial charge in [-0.3, -0.25) is 9.71 Å². The van der Waals surface area contributed by atoms with Crippen LogP contribution in [0.25, 0.3) is 11.1 Å². The van der Waals surface area contributed by atoms with Gasteiger partial charge in [0.15, 0.2) is 5.58 Å². The van der Waals surface area contributed by atoms with Crippen molar-refractivity contribution < 1.29 is 26.4 Å². The van der Waals surface area contributed by atoms with E-state index in [1.54, 1.807) is 0 Å². The molecule has 0 radical (unpaired) electrons. The molecule has 0 aliphatic heterocycles. The lowest BCUT2D eigenvalue weighted by molar-refractivity contribution is -0.0964. The zero-order valence-electron chi connectivity index (χ0n) is 12.4. The monoisotopic (exact) mass is 424 g/mol. The normalized spacial score (nSPS) is 12.3. The number of alkyl halides is 3. The van der Waals surface area contributed by atoms with Crippen molar-refractivity contribution in [2.24, 2.45) is 0 Å². The highest BCUT2D eigenvalue weighted by Crippen LogP contribution is 2.29. The number of halogens is 4. The lowest BCUT2D eigenvalue weighted by atomic mass is 10.3. The number of sulfonamides is 1. The van der Waals surface area contributed by atoms with Crippen LogP contribution in [0.4, 0.5) is 14.5 Å². The molecule has 0 bridgehead atoms. The molecule has 26 heavy (non-hydrogen) atoms. The number of aromatic nitrogens is 1. The van der Waals surface area contributed by atoms with E-state index in [0.717, 1.165) is 18.2 Å². The Kier molecular flexibility index (Phi) is 4.59. The van der Waals surface area contributed by atoms with Crippen molar-refractivity contribution in [2.45, 2.75) is 10.5 Å². The summed E-state index contributed by atoms with van der Waals surface area (Å²) in [7, 11) is -4.15. The first kappa shape index (κ1) is 18.5. The molecule has 3 rings (SSSR count). The maximum Gasteiger partial charge on any atom is 0.487 e. The summed E-state index contributed by atoms with van der Waals surface area (Å²) in [5.41, 5.74) is -3.58. The summed E-state index contributed by atoms with van der Waals surface area (Å²) in [6.45, 7) is 0. The van der Waals surface area contributed by atoms with Gasteiger partial charge in [0, 0.05) is 23.4 Å². The molecule has 2 N–H and O–H groups in total. The van der Waals surface area contributed by atoms with Crippen molar-refractivity contribution in [3.8, 4) is 5.75 Å². The van der Waals surface area contributed by atoms with Gasteiger partial charge in [-0.05, 0) is 30.3 Å². The molecule has 12 heteroatoms. The van der Waals surface area contributed by atoms with Crippen LogP contribution in [-0.2, 0) is 10.0 Å². The van der Waals surface area contributed by atoms with Crippen molar-refractivity contribution in [3.63, 3.8) is 0 Å². The van der Waals surface area contributed by atoms with E-state index in [1.165, 1.54) is 18.2 Å². The minimum Gasteiger partial charge on any atom is -0.420 e. The summed E-state index contributed by atoms with van der Waals surface area (Å²) in [6, 6.07) is 6.91. The Balaban J connectivity index is 1.89. The first-order valence-corrected chi connectivity index (χ1v) is 8.98. The molecule has 0 spiro atoms. The van der Waals surface area contributed by atoms with Crippen LogP contribution in [-0.4, -0.2) is 19.0 Å². The number of oxazole rings is 1. The summed E-state index contributed by atoms with van der Waals surface area (Å²) < 4.78 is 61.3. The number of H-pyrrole nitrogens is 1. The molecule has 0 saturated heterocycles. The van der Waals surface area contributed by atoms with Crippen molar-refractivity contribution in [3.05, 3.63) is 52.0 Å². The van der Waals surface area contributed by atoms with Gasteiger partial charge in [0.2, 0.25) is 0 Å². The number of rotatable bonds is 5. The van der Waals surface area contributed by atoms with E-state index in [4.69, 9.17) is 16.0 Å². The number of hydrogen-bond acceptors (Lipinski definition) is 5. The fourth-order valence-electron chi connectivity index (χ4n) is 2.09. The Bertz CT molecular complexity index is 1120. The molecule has 1 heterocycles. The van der Waals surface area contributed by atoms with Gasteiger partial charge in [-0.15, -0.1) is 8.78 Å². The van der Waals surface area contributed by atoms with E-state index in [-0.39, 0.29) is 32.5 Å². The van der Waals surface area contributed by atoms with Crippen molar-refractivity contribution in [1.29, 1.82) is 0 Å². The molecule has 0 saturated carbocycles. The lowest BCUT2D eigenvalue weighted by Crippen LogP contribution is -2.16. The Hall–Kier alpha value is -2.30. The van der Waals surface area contributed by atoms with Gasteiger partial charge in [0.05, 0.1) is 10.5 Å². The van der Waals surface area contributed by atoms with Gasteiger partial charge < -0.3 is 9.15 Å². The predicted octanol–water partition coefficient (Wildman–Crippen LogP) is 3.74. The van der Waals surface area contributed by atoms with E-state index in [1.807, 2.05) is 0 Å². The predicted molar refractivity (Wildman–Crippen MR) is 90.5 cm³/mol. The summed E-state index contributed by atoms with van der Waals surface area (Å²) in [5.74, 6) is -1.02. The largest absolute Gasteiger partial charge is 0.487 e. The zero-order valence-corrected chi connectivity index (χ0v) is 14.8. The molecule has 0 amide bonds. The van der Waals surface area contributed by atoms with Crippen molar-refractivity contribution >= 4 is 50.0 Å². The fraction of sp³-hybridized carbons (Fsp3) is 0.0714. The third-order valence-electron chi connectivity index (χ3n) is 3.10. The smallest absolute Gasteiger partial charge is 0.420 e. The topological polar surface area (TPSA) is 101 Å². The molecule has 0 aliphatic carbocycles. The quantitative estimate of drug-likeness (QED) is 0.607. The average molecular weight is 425 g/mol. The van der Waals surface area contributed by atoms with Crippen LogP contribution in [0.2, 0.25) is 5.02 Å². The SMILES string of the molecule is O=c1[nH]c2cc(Cl)c(S(=O)(=O)Nc3ccc(OC(F)(F)Cl)cc3)cc2o1. The van der Waals surface area contributed by atoms with Crippen molar-refractivity contribution in [2.75, 3.05) is 4.72 Å². The molecule has 0 unspecified atom stereocenters. The maximum atomic E-state index is 12.6. The van der Waals surface area contributed by atoms with Crippen LogP contribution in [0.3, 0.4) is 0 Å². The van der Waals surface area contributed by atoms with Crippen LogP contribution in [0.1, 0.15) is 0 Å². The Labute approximate surface area is 154 Å². The minimum atomic E-state index is -4.15. The number of hydrogen-bond donors (Lipinski definition) is 2. The van der Waals surface area contributed by atoms with Gasteiger partial charge >= 0.3 is 11.3 Å². The van der Waals surface area contributed by atoms with Crippen LogP contribution < -0.4 is 15.2 Å².